The summed E-state index contributed by atoms with van der Waals surface area (Å²) in [5.74, 6) is 0. The molecule has 7 heteroatoms. The number of hydrogen-bond donors (Lipinski definition) is 0. The zero-order valence-electron chi connectivity index (χ0n) is 21.5. The zero-order chi connectivity index (χ0) is 23.9. The first-order valence-corrected chi connectivity index (χ1v) is 15.0. The maximum absolute atomic E-state index is 5.61. The Labute approximate surface area is 218 Å². The maximum Gasteiger partial charge on any atom is 0.0701 e. The van der Waals surface area contributed by atoms with Crippen molar-refractivity contribution in [3.63, 3.8) is 0 Å². The highest BCUT2D eigenvalue weighted by molar-refractivity contribution is 14.1. The molecule has 0 aromatic carbocycles. The molecule has 0 aliphatic heterocycles. The van der Waals surface area contributed by atoms with E-state index in [0.717, 1.165) is 26.1 Å². The minimum atomic E-state index is 0.582. The molecule has 0 atom stereocenters. The molecule has 0 amide bonds. The van der Waals surface area contributed by atoms with Crippen LogP contribution < -0.4 is 0 Å². The minimum Gasteiger partial charge on any atom is -0.379 e. The van der Waals surface area contributed by atoms with E-state index in [4.69, 9.17) is 28.4 Å². The predicted octanol–water partition coefficient (Wildman–Crippen LogP) is 6.22. The van der Waals surface area contributed by atoms with Crippen LogP contribution in [0.25, 0.3) is 0 Å². The second-order valence-corrected chi connectivity index (χ2v) is 9.33. The highest BCUT2D eigenvalue weighted by Crippen LogP contribution is 2.08. The smallest absolute Gasteiger partial charge is 0.0701 e. The normalized spacial score (nSPS) is 11.5. The summed E-state index contributed by atoms with van der Waals surface area (Å²) in [5, 5.41) is 0. The molecule has 33 heavy (non-hydrogen) atoms. The Hall–Kier alpha value is 0.490. The minimum absolute atomic E-state index is 0.582. The quantitative estimate of drug-likeness (QED) is 0.0564. The van der Waals surface area contributed by atoms with Crippen molar-refractivity contribution >= 4 is 22.6 Å². The van der Waals surface area contributed by atoms with Crippen LogP contribution in [-0.2, 0) is 28.4 Å². The molecule has 0 heterocycles. The van der Waals surface area contributed by atoms with Gasteiger partial charge in [0.15, 0.2) is 0 Å². The van der Waals surface area contributed by atoms with Gasteiger partial charge >= 0.3 is 0 Å². The average molecular weight is 589 g/mol. The monoisotopic (exact) mass is 588 g/mol. The molecular weight excluding hydrogens is 535 g/mol. The van der Waals surface area contributed by atoms with E-state index in [1.54, 1.807) is 0 Å². The highest BCUT2D eigenvalue weighted by Gasteiger charge is 1.96. The summed E-state index contributed by atoms with van der Waals surface area (Å²) in [4.78, 5) is 0. The molecule has 6 nitrogen and oxygen atoms in total. The number of unbranched alkanes of at least 4 members (excludes halogenated alkanes) is 10. The van der Waals surface area contributed by atoms with Crippen molar-refractivity contribution in [1.29, 1.82) is 0 Å². The lowest BCUT2D eigenvalue weighted by Crippen LogP contribution is -2.14. The molecule has 0 aromatic heterocycles. The Morgan fingerprint density at radius 1 is 0.333 bits per heavy atom. The largest absolute Gasteiger partial charge is 0.379 e. The molecule has 0 radical (unpaired) electrons. The van der Waals surface area contributed by atoms with E-state index in [2.05, 4.69) is 29.5 Å². The van der Waals surface area contributed by atoms with Gasteiger partial charge < -0.3 is 28.4 Å². The molecule has 0 rings (SSSR count). The van der Waals surface area contributed by atoms with E-state index in [0.29, 0.717) is 66.1 Å². The lowest BCUT2D eigenvalue weighted by molar-refractivity contribution is -0.0169. The molecular formula is C26H53IO6. The molecule has 0 spiro atoms. The van der Waals surface area contributed by atoms with Gasteiger partial charge in [0, 0.05) is 13.2 Å². The third kappa shape index (κ3) is 32.5. The van der Waals surface area contributed by atoms with E-state index >= 15 is 0 Å². The SMILES string of the molecule is CCCCCCCCCCOCCOCCOCCOCCOCCOCCCCCCI. The Bertz CT molecular complexity index is 306. The summed E-state index contributed by atoms with van der Waals surface area (Å²) in [5.41, 5.74) is 0. The highest BCUT2D eigenvalue weighted by atomic mass is 127. The van der Waals surface area contributed by atoms with Crippen LogP contribution in [0.4, 0.5) is 0 Å². The summed E-state index contributed by atoms with van der Waals surface area (Å²) < 4.78 is 34.4. The molecule has 0 aromatic rings. The molecule has 0 aliphatic rings. The molecule has 0 aliphatic carbocycles. The standard InChI is InChI=1S/C26H53IO6/c1-2-3-4-5-6-7-9-12-15-28-17-19-30-21-23-32-25-26-33-24-22-31-20-18-29-16-13-10-8-11-14-27/h2-26H2,1H3. The third-order valence-corrected chi connectivity index (χ3v) is 5.94. The predicted molar refractivity (Wildman–Crippen MR) is 145 cm³/mol. The van der Waals surface area contributed by atoms with Gasteiger partial charge in [-0.15, -0.1) is 0 Å². The summed E-state index contributed by atoms with van der Waals surface area (Å²) in [6, 6.07) is 0. The molecule has 0 N–H and O–H groups in total. The van der Waals surface area contributed by atoms with E-state index in [1.165, 1.54) is 68.6 Å². The number of halogens is 1. The number of alkyl halides is 1. The summed E-state index contributed by atoms with van der Waals surface area (Å²) in [6.07, 6.45) is 15.7. The van der Waals surface area contributed by atoms with Gasteiger partial charge in [-0.2, -0.15) is 0 Å². The first-order valence-electron chi connectivity index (χ1n) is 13.4. The van der Waals surface area contributed by atoms with Gasteiger partial charge in [-0.3, -0.25) is 0 Å². The van der Waals surface area contributed by atoms with Crippen LogP contribution in [0.3, 0.4) is 0 Å². The Balaban J connectivity index is 2.99. The van der Waals surface area contributed by atoms with E-state index in [-0.39, 0.29) is 0 Å². The average Bonchev–Trinajstić information content (AvgIpc) is 2.83. The van der Waals surface area contributed by atoms with Gasteiger partial charge in [0.1, 0.15) is 0 Å². The van der Waals surface area contributed by atoms with Crippen molar-refractivity contribution in [3.05, 3.63) is 0 Å². The van der Waals surface area contributed by atoms with Crippen LogP contribution in [0, 0.1) is 0 Å². The summed E-state index contributed by atoms with van der Waals surface area (Å²) >= 11 is 2.43. The molecule has 200 valence electrons. The van der Waals surface area contributed by atoms with Crippen molar-refractivity contribution in [1.82, 2.24) is 0 Å². The van der Waals surface area contributed by atoms with Crippen LogP contribution in [0.2, 0.25) is 0 Å². The van der Waals surface area contributed by atoms with E-state index < -0.39 is 0 Å². The lowest BCUT2D eigenvalue weighted by Gasteiger charge is -2.08. The van der Waals surface area contributed by atoms with Gasteiger partial charge in [0.05, 0.1) is 66.1 Å². The number of rotatable bonds is 30. The van der Waals surface area contributed by atoms with Crippen LogP contribution in [0.15, 0.2) is 0 Å². The van der Waals surface area contributed by atoms with Crippen LogP contribution in [0.5, 0.6) is 0 Å². The second-order valence-electron chi connectivity index (χ2n) is 8.25. The number of hydrogen-bond acceptors (Lipinski definition) is 6. The molecule has 0 saturated carbocycles. The van der Waals surface area contributed by atoms with E-state index in [1.807, 2.05) is 0 Å². The van der Waals surface area contributed by atoms with E-state index in [9.17, 15) is 0 Å². The Morgan fingerprint density at radius 2 is 0.606 bits per heavy atom. The fourth-order valence-electron chi connectivity index (χ4n) is 3.19. The summed E-state index contributed by atoms with van der Waals surface area (Å²) in [6.45, 7) is 10.1. The molecule has 0 saturated heterocycles. The van der Waals surface area contributed by atoms with Crippen LogP contribution in [0.1, 0.15) is 84.0 Å². The zero-order valence-corrected chi connectivity index (χ0v) is 23.7. The topological polar surface area (TPSA) is 55.4 Å². The fourth-order valence-corrected chi connectivity index (χ4v) is 3.73. The van der Waals surface area contributed by atoms with Crippen LogP contribution >= 0.6 is 22.6 Å². The van der Waals surface area contributed by atoms with Crippen molar-refractivity contribution in [2.45, 2.75) is 84.0 Å². The van der Waals surface area contributed by atoms with Crippen molar-refractivity contribution in [2.75, 3.05) is 83.7 Å². The first-order chi connectivity index (χ1) is 16.4. The third-order valence-electron chi connectivity index (χ3n) is 5.17. The second kappa shape index (κ2) is 32.5. The Kier molecular flexibility index (Phi) is 33.0. The van der Waals surface area contributed by atoms with Gasteiger partial charge in [-0.05, 0) is 23.7 Å². The van der Waals surface area contributed by atoms with Gasteiger partial charge in [-0.1, -0.05) is 87.3 Å². The maximum atomic E-state index is 5.61. The van der Waals surface area contributed by atoms with Crippen molar-refractivity contribution < 1.29 is 28.4 Å². The summed E-state index contributed by atoms with van der Waals surface area (Å²) in [7, 11) is 0. The molecule has 0 bridgehead atoms. The van der Waals surface area contributed by atoms with Crippen molar-refractivity contribution in [2.24, 2.45) is 0 Å². The van der Waals surface area contributed by atoms with Gasteiger partial charge in [-0.25, -0.2) is 0 Å². The Morgan fingerprint density at radius 3 is 0.939 bits per heavy atom. The first kappa shape index (κ1) is 33.5. The number of ether oxygens (including phenoxy) is 6. The van der Waals surface area contributed by atoms with Crippen molar-refractivity contribution in [3.8, 4) is 0 Å². The van der Waals surface area contributed by atoms with Gasteiger partial charge in [0.25, 0.3) is 0 Å². The lowest BCUT2D eigenvalue weighted by atomic mass is 10.1. The fraction of sp³-hybridized carbons (Fsp3) is 1.00. The molecule has 0 fully saturated rings. The van der Waals surface area contributed by atoms with Crippen LogP contribution in [-0.4, -0.2) is 83.7 Å². The molecule has 0 unspecified atom stereocenters. The van der Waals surface area contributed by atoms with Gasteiger partial charge in [0.2, 0.25) is 0 Å².